The van der Waals surface area contributed by atoms with Crippen LogP contribution < -0.4 is 15.5 Å². The monoisotopic (exact) mass is 421 g/mol. The van der Waals surface area contributed by atoms with Crippen molar-refractivity contribution in [3.63, 3.8) is 0 Å². The van der Waals surface area contributed by atoms with Gasteiger partial charge in [0.05, 0.1) is 5.56 Å². The summed E-state index contributed by atoms with van der Waals surface area (Å²) in [5.74, 6) is 0.884. The van der Waals surface area contributed by atoms with Crippen molar-refractivity contribution in [3.8, 4) is 0 Å². The van der Waals surface area contributed by atoms with Crippen LogP contribution in [0.3, 0.4) is 0 Å². The fourth-order valence-electron chi connectivity index (χ4n) is 4.73. The number of nitrogens with one attached hydrogen (secondary N) is 2. The van der Waals surface area contributed by atoms with Crippen LogP contribution in [0.5, 0.6) is 0 Å². The van der Waals surface area contributed by atoms with Crippen molar-refractivity contribution in [2.24, 2.45) is 0 Å². The van der Waals surface area contributed by atoms with Gasteiger partial charge in [0.2, 0.25) is 0 Å². The minimum Gasteiger partial charge on any atom is -0.353 e. The van der Waals surface area contributed by atoms with Crippen molar-refractivity contribution in [2.45, 2.75) is 44.2 Å². The Morgan fingerprint density at radius 3 is 2.71 bits per heavy atom. The number of anilines is 1. The molecule has 0 spiro atoms. The Labute approximate surface area is 186 Å². The third kappa shape index (κ3) is 5.83. The number of nitrogens with zero attached hydrogens (tertiary/aromatic N) is 3. The molecule has 2 fully saturated rings. The van der Waals surface area contributed by atoms with Crippen LogP contribution in [0, 0.1) is 0 Å². The van der Waals surface area contributed by atoms with Crippen LogP contribution in [0.15, 0.2) is 48.7 Å². The predicted octanol–water partition coefficient (Wildman–Crippen LogP) is 3.23. The fraction of sp³-hybridized carbons (Fsp3) is 0.520. The highest BCUT2D eigenvalue weighted by molar-refractivity contribution is 5.94. The summed E-state index contributed by atoms with van der Waals surface area (Å²) in [5.41, 5.74) is 1.92. The Hall–Kier alpha value is -2.44. The number of rotatable bonds is 7. The molecule has 6 nitrogen and oxygen atoms in total. The Morgan fingerprint density at radius 1 is 1.16 bits per heavy atom. The molecule has 1 saturated carbocycles. The summed E-state index contributed by atoms with van der Waals surface area (Å²) in [5, 5.41) is 6.64. The molecule has 2 aliphatic rings. The number of piperazine rings is 1. The van der Waals surface area contributed by atoms with E-state index in [1.165, 1.54) is 37.7 Å². The van der Waals surface area contributed by atoms with E-state index < -0.39 is 0 Å². The Bertz CT molecular complexity index is 820. The molecule has 166 valence electrons. The van der Waals surface area contributed by atoms with E-state index in [1.807, 2.05) is 18.2 Å². The molecule has 2 N–H and O–H groups in total. The van der Waals surface area contributed by atoms with Crippen LogP contribution >= 0.6 is 0 Å². The zero-order valence-electron chi connectivity index (χ0n) is 18.6. The van der Waals surface area contributed by atoms with Crippen LogP contribution in [-0.4, -0.2) is 61.6 Å². The minimum atomic E-state index is -0.0430. The zero-order chi connectivity index (χ0) is 21.5. The molecular weight excluding hydrogens is 386 g/mol. The number of pyridine rings is 1. The number of hydrogen-bond acceptors (Lipinski definition) is 5. The number of likely N-dealkylation sites (N-methyl/N-ethyl adjacent to an activating group) is 1. The van der Waals surface area contributed by atoms with E-state index in [1.54, 1.807) is 6.20 Å². The van der Waals surface area contributed by atoms with Crippen LogP contribution in [-0.2, 0) is 0 Å². The first-order valence-corrected chi connectivity index (χ1v) is 11.7. The Morgan fingerprint density at radius 2 is 1.97 bits per heavy atom. The maximum Gasteiger partial charge on any atom is 0.252 e. The summed E-state index contributed by atoms with van der Waals surface area (Å²) < 4.78 is 0. The number of hydrogen-bond donors (Lipinski definition) is 2. The quantitative estimate of drug-likeness (QED) is 0.719. The number of aromatic nitrogens is 1. The minimum absolute atomic E-state index is 0.0430. The van der Waals surface area contributed by atoms with Crippen molar-refractivity contribution >= 4 is 11.7 Å². The van der Waals surface area contributed by atoms with Crippen LogP contribution in [0.25, 0.3) is 0 Å². The lowest BCUT2D eigenvalue weighted by molar-refractivity contribution is 0.0944. The summed E-state index contributed by atoms with van der Waals surface area (Å²) in [6.07, 6.45) is 8.30. The van der Waals surface area contributed by atoms with Gasteiger partial charge in [-0.25, -0.2) is 4.98 Å². The molecule has 31 heavy (non-hydrogen) atoms. The molecule has 6 heteroatoms. The van der Waals surface area contributed by atoms with Crippen molar-refractivity contribution in [3.05, 3.63) is 59.8 Å². The molecule has 0 bridgehead atoms. The second-order valence-electron chi connectivity index (χ2n) is 8.80. The van der Waals surface area contributed by atoms with Gasteiger partial charge in [0, 0.05) is 51.0 Å². The first-order chi connectivity index (χ1) is 15.2. The van der Waals surface area contributed by atoms with E-state index in [2.05, 4.69) is 56.7 Å². The number of amides is 1. The first-order valence-electron chi connectivity index (χ1n) is 11.7. The first kappa shape index (κ1) is 21.8. The lowest BCUT2D eigenvalue weighted by atomic mass is 9.94. The fourth-order valence-corrected chi connectivity index (χ4v) is 4.73. The molecule has 1 aromatic heterocycles. The molecule has 1 unspecified atom stereocenters. The van der Waals surface area contributed by atoms with E-state index in [0.29, 0.717) is 24.2 Å². The summed E-state index contributed by atoms with van der Waals surface area (Å²) in [6.45, 7) is 4.26. The standard InChI is InChI=1S/C25H35N5O/c1-29(22-10-6-3-7-11-22)16-14-27-25(31)21-12-13-24(28-18-21)30-17-15-26-23(19-30)20-8-4-2-5-9-20/h2,4-5,8-9,12-13,18,22-23,26H,3,6-7,10-11,14-17,19H2,1H3,(H,27,31). The molecule has 1 atom stereocenters. The smallest absolute Gasteiger partial charge is 0.252 e. The number of carbonyl (C=O) groups is 1. The lowest BCUT2D eigenvalue weighted by Crippen LogP contribution is -2.46. The summed E-state index contributed by atoms with van der Waals surface area (Å²) in [6, 6.07) is 15.3. The highest BCUT2D eigenvalue weighted by atomic mass is 16.1. The molecule has 4 rings (SSSR count). The molecule has 2 heterocycles. The Balaban J connectivity index is 1.27. The third-order valence-corrected chi connectivity index (χ3v) is 6.66. The second-order valence-corrected chi connectivity index (χ2v) is 8.80. The average molecular weight is 422 g/mol. The van der Waals surface area contributed by atoms with Gasteiger partial charge in [-0.05, 0) is 37.6 Å². The highest BCUT2D eigenvalue weighted by Gasteiger charge is 2.22. The van der Waals surface area contributed by atoms with E-state index in [0.717, 1.165) is 32.0 Å². The number of carbonyl (C=O) groups excluding carboxylic acids is 1. The van der Waals surface area contributed by atoms with E-state index in [-0.39, 0.29) is 5.91 Å². The van der Waals surface area contributed by atoms with Crippen molar-refractivity contribution in [2.75, 3.05) is 44.7 Å². The lowest BCUT2D eigenvalue weighted by Gasteiger charge is -2.34. The van der Waals surface area contributed by atoms with Gasteiger partial charge in [-0.1, -0.05) is 49.6 Å². The van der Waals surface area contributed by atoms with Crippen molar-refractivity contribution < 1.29 is 4.79 Å². The third-order valence-electron chi connectivity index (χ3n) is 6.66. The van der Waals surface area contributed by atoms with Crippen LogP contribution in [0.1, 0.15) is 54.1 Å². The molecule has 1 aromatic carbocycles. The molecule has 1 amide bonds. The second kappa shape index (κ2) is 10.7. The maximum absolute atomic E-state index is 12.5. The normalized spacial score (nSPS) is 20.1. The summed E-state index contributed by atoms with van der Waals surface area (Å²) >= 11 is 0. The van der Waals surface area contributed by atoms with Crippen molar-refractivity contribution in [1.82, 2.24) is 20.5 Å². The molecular formula is C25H35N5O. The summed E-state index contributed by atoms with van der Waals surface area (Å²) in [7, 11) is 2.18. The maximum atomic E-state index is 12.5. The van der Waals surface area contributed by atoms with Gasteiger partial charge in [0.1, 0.15) is 5.82 Å². The van der Waals surface area contributed by atoms with Gasteiger partial charge in [-0.3, -0.25) is 4.79 Å². The van der Waals surface area contributed by atoms with E-state index in [9.17, 15) is 4.79 Å². The van der Waals surface area contributed by atoms with E-state index in [4.69, 9.17) is 0 Å². The largest absolute Gasteiger partial charge is 0.353 e. The zero-order valence-corrected chi connectivity index (χ0v) is 18.6. The molecule has 0 radical (unpaired) electrons. The summed E-state index contributed by atoms with van der Waals surface area (Å²) in [4.78, 5) is 21.8. The molecule has 1 aliphatic heterocycles. The molecule has 1 saturated heterocycles. The van der Waals surface area contributed by atoms with Gasteiger partial charge in [-0.15, -0.1) is 0 Å². The van der Waals surface area contributed by atoms with Gasteiger partial charge in [-0.2, -0.15) is 0 Å². The highest BCUT2D eigenvalue weighted by Crippen LogP contribution is 2.22. The van der Waals surface area contributed by atoms with Gasteiger partial charge < -0.3 is 20.4 Å². The number of benzene rings is 1. The van der Waals surface area contributed by atoms with Crippen LogP contribution in [0.4, 0.5) is 5.82 Å². The molecule has 2 aromatic rings. The average Bonchev–Trinajstić information content (AvgIpc) is 2.85. The van der Waals surface area contributed by atoms with Crippen LogP contribution in [0.2, 0.25) is 0 Å². The Kier molecular flexibility index (Phi) is 7.54. The van der Waals surface area contributed by atoms with Gasteiger partial charge in [0.25, 0.3) is 5.91 Å². The van der Waals surface area contributed by atoms with Gasteiger partial charge >= 0.3 is 0 Å². The van der Waals surface area contributed by atoms with Gasteiger partial charge in [0.15, 0.2) is 0 Å². The predicted molar refractivity (Wildman–Crippen MR) is 125 cm³/mol. The van der Waals surface area contributed by atoms with E-state index >= 15 is 0 Å². The topological polar surface area (TPSA) is 60.5 Å². The van der Waals surface area contributed by atoms with Crippen molar-refractivity contribution in [1.29, 1.82) is 0 Å². The molecule has 1 aliphatic carbocycles. The SMILES string of the molecule is CN(CCNC(=O)c1ccc(N2CCNC(c3ccccc3)C2)nc1)C1CCCCC1.